The van der Waals surface area contributed by atoms with Crippen LogP contribution in [-0.4, -0.2) is 246 Å². The van der Waals surface area contributed by atoms with E-state index in [4.69, 9.17) is 16.2 Å². The van der Waals surface area contributed by atoms with Crippen molar-refractivity contribution >= 4 is 58.4 Å². The Balaban J connectivity index is 0.949. The van der Waals surface area contributed by atoms with Crippen LogP contribution in [0.25, 0.3) is 21.1 Å². The topological polar surface area (TPSA) is 421 Å². The normalized spacial score (nSPS) is 28.6. The number of amides is 7. The number of aliphatic hydroxyl groups excluding tert-OH is 6. The lowest BCUT2D eigenvalue weighted by molar-refractivity contribution is -0.147. The van der Waals surface area contributed by atoms with Gasteiger partial charge in [0.2, 0.25) is 35.4 Å². The van der Waals surface area contributed by atoms with Crippen molar-refractivity contribution in [1.29, 1.82) is 0 Å². The van der Waals surface area contributed by atoms with Crippen molar-refractivity contribution in [2.75, 3.05) is 70.4 Å². The first-order valence-electron chi connectivity index (χ1n) is 31.6. The number of anilines is 1. The Morgan fingerprint density at radius 2 is 1.35 bits per heavy atom. The first kappa shape index (κ1) is 68.9. The maximum atomic E-state index is 14.7. The smallest absolute Gasteiger partial charge is 0.251 e. The number of fused-ring (bicyclic) bond motifs is 2. The second-order valence-corrected chi connectivity index (χ2v) is 26.0. The molecule has 500 valence electrons. The van der Waals surface area contributed by atoms with E-state index in [-0.39, 0.29) is 55.3 Å². The third-order valence-corrected chi connectivity index (χ3v) is 19.2. The van der Waals surface area contributed by atoms with Crippen molar-refractivity contribution in [2.45, 2.75) is 151 Å². The molecular weight excluding hydrogens is 1210 g/mol. The van der Waals surface area contributed by atoms with Crippen LogP contribution in [0.3, 0.4) is 0 Å². The van der Waals surface area contributed by atoms with Crippen LogP contribution in [0, 0.1) is 11.8 Å². The van der Waals surface area contributed by atoms with Gasteiger partial charge in [-0.05, 0) is 106 Å². The van der Waals surface area contributed by atoms with Gasteiger partial charge < -0.3 is 93.2 Å². The van der Waals surface area contributed by atoms with Gasteiger partial charge in [0.15, 0.2) is 11.5 Å². The average Bonchev–Trinajstić information content (AvgIpc) is 1.63. The molecule has 4 saturated heterocycles. The Morgan fingerprint density at radius 3 is 1.99 bits per heavy atom. The predicted molar refractivity (Wildman–Crippen MR) is 337 cm³/mol. The molecule has 1 aliphatic carbocycles. The van der Waals surface area contributed by atoms with Gasteiger partial charge in [0.25, 0.3) is 5.91 Å². The third-order valence-electron chi connectivity index (χ3n) is 18.2. The van der Waals surface area contributed by atoms with Gasteiger partial charge in [-0.15, -0.1) is 10.2 Å². The van der Waals surface area contributed by atoms with Crippen LogP contribution in [-0.2, 0) is 35.2 Å². The van der Waals surface area contributed by atoms with E-state index in [0.717, 1.165) is 60.1 Å². The molecule has 13 atom stereocenters. The summed E-state index contributed by atoms with van der Waals surface area (Å²) < 4.78 is 5.52. The van der Waals surface area contributed by atoms with Crippen molar-refractivity contribution < 1.29 is 74.0 Å². The van der Waals surface area contributed by atoms with Crippen LogP contribution < -0.4 is 47.7 Å². The number of aromatic hydroxyl groups is 1. The summed E-state index contributed by atoms with van der Waals surface area (Å²) in [6, 6.07) is 8.26. The van der Waals surface area contributed by atoms with Crippen LogP contribution in [0.1, 0.15) is 81.6 Å². The molecule has 5 heterocycles. The third kappa shape index (κ3) is 16.5. The van der Waals surface area contributed by atoms with E-state index in [1.807, 2.05) is 12.1 Å². The number of rotatable bonds is 16. The fraction of sp³-hybridized carbons (Fsp3) is 0.571. The maximum absolute atomic E-state index is 14.7. The first-order valence-corrected chi connectivity index (χ1v) is 32.4. The number of carbonyl (C=O) groups is 7. The molecule has 0 radical (unpaired) electrons. The lowest BCUT2D eigenvalue weighted by Gasteiger charge is -2.42. The van der Waals surface area contributed by atoms with Crippen molar-refractivity contribution in [3.8, 4) is 32.6 Å². The molecule has 9 rings (SSSR count). The van der Waals surface area contributed by atoms with Crippen LogP contribution in [0.2, 0.25) is 0 Å². The molecule has 5 aliphatic rings. The molecule has 7 amide bonds. The number of aromatic nitrogens is 2. The molecule has 28 nitrogen and oxygen atoms in total. The van der Waals surface area contributed by atoms with Gasteiger partial charge in [0.05, 0.1) is 36.6 Å². The van der Waals surface area contributed by atoms with E-state index in [0.29, 0.717) is 21.6 Å². The molecule has 0 spiro atoms. The highest BCUT2D eigenvalue weighted by Crippen LogP contribution is 2.34. The summed E-state index contributed by atoms with van der Waals surface area (Å²) in [5.41, 5.74) is 14.4. The second-order valence-electron chi connectivity index (χ2n) is 25.0. The number of nitrogens with zero attached hydrogens (tertiary/aromatic N) is 6. The average molecular weight is 1300 g/mol. The van der Waals surface area contributed by atoms with E-state index in [1.54, 1.807) is 19.1 Å². The summed E-state index contributed by atoms with van der Waals surface area (Å²) in [6.07, 6.45) is -6.68. The van der Waals surface area contributed by atoms with Gasteiger partial charge in [-0.2, -0.15) is 0 Å². The lowest BCUT2D eigenvalue weighted by atomic mass is 9.86. The fourth-order valence-corrected chi connectivity index (χ4v) is 13.7. The summed E-state index contributed by atoms with van der Waals surface area (Å²) in [5, 5.41) is 102. The zero-order chi connectivity index (χ0) is 66.1. The highest BCUT2D eigenvalue weighted by molar-refractivity contribution is 7.17. The largest absolute Gasteiger partial charge is 0.504 e. The van der Waals surface area contributed by atoms with Crippen LogP contribution in [0.5, 0.6) is 11.5 Å². The second kappa shape index (κ2) is 31.0. The Labute approximate surface area is 537 Å². The Hall–Kier alpha value is -7.45. The Morgan fingerprint density at radius 1 is 0.717 bits per heavy atom. The number of nitrogens with one attached hydrogen (secondary N) is 5. The van der Waals surface area contributed by atoms with Gasteiger partial charge in [-0.25, -0.2) is 0 Å². The molecule has 0 unspecified atom stereocenters. The molecule has 3 aromatic carbocycles. The molecule has 92 heavy (non-hydrogen) atoms. The molecule has 1 aromatic heterocycles. The standard InChI is InChI=1S/C63H87N13O15S/c1-33-4-13-40(14-5-33)73-21-23-74(24-22-73)41-15-11-39(12-16-41)61-72-71-60(92-61)38-9-7-37(8-10-38)55(84)67-44-28-42(78)30-66-59(88)53-54(83)34(2)31-76(53)63(90)52(47(81)18-19-64)70-58(87)51(48(82)26-36-6-17-46(80)49(27-36)91-25-20-65)69-57(86)45-29-43(79)32-75(45)62(89)50(35(3)77)68-56(44)85/h6-12,15-17,27,33-35,40,42-45,47-48,50-54,77-83H,4-5,13-14,18-26,28-32,64-65H2,1-3H3,(H,66,88)(H,67,84)(H,68,85)(H,69,86)(H,70,87)/t33?,34-,35+,40?,42+,43+,44-,45-,47+,48+,50-,51-,52-,53-,54-/m0/s1. The minimum absolute atomic E-state index is 0.00306. The number of nitrogens with two attached hydrogens (primary N) is 2. The summed E-state index contributed by atoms with van der Waals surface area (Å²) in [7, 11) is 0. The van der Waals surface area contributed by atoms with E-state index < -0.39 is 152 Å². The van der Waals surface area contributed by atoms with Gasteiger partial charge in [0, 0.05) is 106 Å². The first-order chi connectivity index (χ1) is 44.0. The zero-order valence-electron chi connectivity index (χ0n) is 51.9. The summed E-state index contributed by atoms with van der Waals surface area (Å²) in [6.45, 7) is 7.43. The number of piperazine rings is 1. The number of β-amino-alcohol motifs (C(OH)–C–C–N with tert-alkyl or cyclic N) is 1. The number of carbonyl (C=O) groups excluding carboxylic acids is 7. The van der Waals surface area contributed by atoms with E-state index in [1.165, 1.54) is 67.4 Å². The van der Waals surface area contributed by atoms with Crippen LogP contribution >= 0.6 is 11.3 Å². The lowest BCUT2D eigenvalue weighted by Crippen LogP contribution is -2.64. The predicted octanol–water partition coefficient (Wildman–Crippen LogP) is -2.09. The quantitative estimate of drug-likeness (QED) is 0.0572. The van der Waals surface area contributed by atoms with Crippen molar-refractivity contribution in [3.63, 3.8) is 0 Å². The van der Waals surface area contributed by atoms with E-state index in [2.05, 4.69) is 65.6 Å². The number of hydrogen-bond acceptors (Lipinski definition) is 22. The molecule has 29 heteroatoms. The van der Waals surface area contributed by atoms with Crippen LogP contribution in [0.15, 0.2) is 66.7 Å². The van der Waals surface area contributed by atoms with Crippen LogP contribution in [0.4, 0.5) is 5.69 Å². The number of phenols is 1. The van der Waals surface area contributed by atoms with Crippen molar-refractivity contribution in [2.24, 2.45) is 23.3 Å². The Bertz CT molecular complexity index is 3220. The fourth-order valence-electron chi connectivity index (χ4n) is 12.8. The molecule has 5 fully saturated rings. The van der Waals surface area contributed by atoms with E-state index >= 15 is 0 Å². The molecule has 0 bridgehead atoms. The summed E-state index contributed by atoms with van der Waals surface area (Å²) in [5.74, 6) is -7.79. The van der Waals surface area contributed by atoms with Gasteiger partial charge >= 0.3 is 0 Å². The van der Waals surface area contributed by atoms with Gasteiger partial charge in [0.1, 0.15) is 52.9 Å². The molecule has 4 aromatic rings. The number of hydrogen-bond donors (Lipinski definition) is 14. The van der Waals surface area contributed by atoms with E-state index in [9.17, 15) is 69.3 Å². The minimum Gasteiger partial charge on any atom is -0.504 e. The number of benzene rings is 3. The SMILES string of the molecule is CC1CCC(N2CCN(c3ccc(-c4nnc(-c5ccc(C(=O)N[C@H]6C[C@@H](O)CNC(=O)[C@@H]7[C@@H](O)[C@@H](C)CN7C(=O)[C@H]([C@H](O)CCN)NC(=O)[C@H]([C@H](O)Cc7ccc(O)c(OCCN)c7)NC(=O)[C@@H]7C[C@@H](O)CN7C(=O)[C@H]([C@@H](C)O)NC6=O)cc5)s4)cc3)CC2)CC1. The number of ether oxygens (including phenoxy) is 1. The number of aliphatic hydroxyl groups is 6. The van der Waals surface area contributed by atoms with Gasteiger partial charge in [-0.3, -0.25) is 38.5 Å². The molecule has 1 saturated carbocycles. The summed E-state index contributed by atoms with van der Waals surface area (Å²) >= 11 is 1.35. The molecule has 4 aliphatic heterocycles. The monoisotopic (exact) mass is 1300 g/mol. The highest BCUT2D eigenvalue weighted by atomic mass is 32.1. The minimum atomic E-state index is -2.04. The number of phenolic OH excluding ortho intramolecular Hbond substituents is 1. The Kier molecular flexibility index (Phi) is 23.2. The highest BCUT2D eigenvalue weighted by Gasteiger charge is 2.50. The molecular formula is C63H87N13O15S. The zero-order valence-corrected chi connectivity index (χ0v) is 52.7. The van der Waals surface area contributed by atoms with Crippen molar-refractivity contribution in [3.05, 3.63) is 77.9 Å². The van der Waals surface area contributed by atoms with Gasteiger partial charge in [-0.1, -0.05) is 43.4 Å². The summed E-state index contributed by atoms with van der Waals surface area (Å²) in [4.78, 5) is 108. The maximum Gasteiger partial charge on any atom is 0.251 e. The van der Waals surface area contributed by atoms with Crippen molar-refractivity contribution in [1.82, 2.24) is 51.5 Å². The molecule has 16 N–H and O–H groups in total.